The van der Waals surface area contributed by atoms with E-state index in [9.17, 15) is 5.11 Å². The highest BCUT2D eigenvalue weighted by Gasteiger charge is 2.41. The zero-order valence-electron chi connectivity index (χ0n) is 10.4. The zero-order valence-corrected chi connectivity index (χ0v) is 10.4. The average molecular weight is 235 g/mol. The van der Waals surface area contributed by atoms with E-state index in [2.05, 4.69) is 29.6 Å². The molecule has 0 saturated heterocycles. The van der Waals surface area contributed by atoms with Gasteiger partial charge in [-0.2, -0.15) is 0 Å². The molecule has 0 atom stereocenters. The highest BCUT2D eigenvalue weighted by molar-refractivity contribution is 5.22. The van der Waals surface area contributed by atoms with Gasteiger partial charge >= 0.3 is 0 Å². The minimum atomic E-state index is 0.190. The Hall–Kier alpha value is -0.900. The van der Waals surface area contributed by atoms with Crippen LogP contribution in [0.3, 0.4) is 0 Å². The van der Waals surface area contributed by atoms with Crippen molar-refractivity contribution in [2.24, 2.45) is 5.41 Å². The molecular weight excluding hydrogens is 214 g/mol. The smallest absolute Gasteiger partial charge is 0.0713 e. The first kappa shape index (κ1) is 12.6. The number of ether oxygens (including phenoxy) is 1. The van der Waals surface area contributed by atoms with Crippen LogP contribution < -0.4 is 5.32 Å². The van der Waals surface area contributed by atoms with E-state index >= 15 is 0 Å². The lowest BCUT2D eigenvalue weighted by molar-refractivity contribution is 0.185. The summed E-state index contributed by atoms with van der Waals surface area (Å²) >= 11 is 0. The average Bonchev–Trinajstić information content (AvgIpc) is 3.13. The van der Waals surface area contributed by atoms with Crippen molar-refractivity contribution in [3.8, 4) is 0 Å². The summed E-state index contributed by atoms with van der Waals surface area (Å²) in [6, 6.07) is 8.44. The van der Waals surface area contributed by atoms with E-state index in [0.29, 0.717) is 13.2 Å². The molecule has 0 aromatic heterocycles. The fourth-order valence-corrected chi connectivity index (χ4v) is 1.96. The molecule has 0 spiro atoms. The number of hydrogen-bond donors (Lipinski definition) is 2. The fraction of sp³-hybridized carbons (Fsp3) is 0.571. The van der Waals surface area contributed by atoms with Crippen LogP contribution in [0.5, 0.6) is 0 Å². The first-order valence-electron chi connectivity index (χ1n) is 6.16. The molecule has 3 heteroatoms. The normalized spacial score (nSPS) is 17.1. The van der Waals surface area contributed by atoms with Gasteiger partial charge in [-0.3, -0.25) is 0 Å². The lowest BCUT2D eigenvalue weighted by Gasteiger charge is -2.12. The predicted molar refractivity (Wildman–Crippen MR) is 67.6 cm³/mol. The van der Waals surface area contributed by atoms with E-state index in [0.717, 1.165) is 25.9 Å². The van der Waals surface area contributed by atoms with Crippen LogP contribution >= 0.6 is 0 Å². The van der Waals surface area contributed by atoms with E-state index in [4.69, 9.17) is 4.74 Å². The van der Waals surface area contributed by atoms with Gasteiger partial charge in [0.2, 0.25) is 0 Å². The second-order valence-corrected chi connectivity index (χ2v) is 5.01. The Morgan fingerprint density at radius 3 is 2.41 bits per heavy atom. The van der Waals surface area contributed by atoms with Gasteiger partial charge in [-0.05, 0) is 24.0 Å². The topological polar surface area (TPSA) is 41.5 Å². The van der Waals surface area contributed by atoms with Gasteiger partial charge in [-0.25, -0.2) is 0 Å². The monoisotopic (exact) mass is 235 g/mol. The number of aliphatic hydroxyl groups is 1. The van der Waals surface area contributed by atoms with Gasteiger partial charge in [-0.15, -0.1) is 0 Å². The molecule has 2 rings (SSSR count). The highest BCUT2D eigenvalue weighted by atomic mass is 16.5. The second kappa shape index (κ2) is 5.63. The number of nitrogens with one attached hydrogen (secondary N) is 1. The fourth-order valence-electron chi connectivity index (χ4n) is 1.96. The molecule has 0 radical (unpaired) electrons. The molecule has 1 fully saturated rings. The third kappa shape index (κ3) is 3.53. The van der Waals surface area contributed by atoms with Crippen LogP contribution in [0.1, 0.15) is 24.0 Å². The van der Waals surface area contributed by atoms with Crippen molar-refractivity contribution in [2.75, 3.05) is 20.3 Å². The third-order valence-corrected chi connectivity index (χ3v) is 3.46. The zero-order chi connectivity index (χ0) is 12.1. The maximum absolute atomic E-state index is 9.20. The van der Waals surface area contributed by atoms with Crippen molar-refractivity contribution in [3.05, 3.63) is 35.4 Å². The molecule has 1 saturated carbocycles. The van der Waals surface area contributed by atoms with Crippen molar-refractivity contribution < 1.29 is 9.84 Å². The van der Waals surface area contributed by atoms with Crippen LogP contribution in [0.15, 0.2) is 24.3 Å². The summed E-state index contributed by atoms with van der Waals surface area (Å²) in [7, 11) is 1.71. The van der Waals surface area contributed by atoms with E-state index < -0.39 is 0 Å². The Morgan fingerprint density at radius 2 is 1.88 bits per heavy atom. The molecule has 1 aromatic rings. The molecule has 94 valence electrons. The standard InChI is InChI=1S/C14H21NO2/c1-17-9-13-4-2-12(3-5-13)8-15-10-14(11-16)6-7-14/h2-5,15-16H,6-11H2,1H3. The molecule has 1 aromatic carbocycles. The van der Waals surface area contributed by atoms with Gasteiger partial charge in [0.05, 0.1) is 6.61 Å². The molecule has 0 bridgehead atoms. The van der Waals surface area contributed by atoms with E-state index in [1.54, 1.807) is 7.11 Å². The molecule has 0 unspecified atom stereocenters. The van der Waals surface area contributed by atoms with E-state index in [1.807, 2.05) is 0 Å². The SMILES string of the molecule is COCc1ccc(CNCC2(CO)CC2)cc1. The summed E-state index contributed by atoms with van der Waals surface area (Å²) in [5.41, 5.74) is 2.67. The molecule has 0 amide bonds. The Labute approximate surface area is 103 Å². The van der Waals surface area contributed by atoms with Gasteiger partial charge in [-0.1, -0.05) is 24.3 Å². The van der Waals surface area contributed by atoms with Gasteiger partial charge in [0.1, 0.15) is 0 Å². The van der Waals surface area contributed by atoms with Crippen LogP contribution in [0.4, 0.5) is 0 Å². The highest BCUT2D eigenvalue weighted by Crippen LogP contribution is 2.44. The second-order valence-electron chi connectivity index (χ2n) is 5.01. The molecule has 1 aliphatic rings. The van der Waals surface area contributed by atoms with Crippen molar-refractivity contribution in [1.82, 2.24) is 5.32 Å². The van der Waals surface area contributed by atoms with Gasteiger partial charge in [0, 0.05) is 32.2 Å². The maximum Gasteiger partial charge on any atom is 0.0713 e. The first-order valence-corrected chi connectivity index (χ1v) is 6.16. The number of hydrogen-bond acceptors (Lipinski definition) is 3. The lowest BCUT2D eigenvalue weighted by Crippen LogP contribution is -2.26. The van der Waals surface area contributed by atoms with Crippen LogP contribution in [0, 0.1) is 5.41 Å². The summed E-state index contributed by atoms with van der Waals surface area (Å²) < 4.78 is 5.07. The Balaban J connectivity index is 1.75. The first-order chi connectivity index (χ1) is 8.28. The Kier molecular flexibility index (Phi) is 4.15. The van der Waals surface area contributed by atoms with Gasteiger partial charge in [0.25, 0.3) is 0 Å². The summed E-state index contributed by atoms with van der Waals surface area (Å²) in [5.74, 6) is 0. The molecule has 17 heavy (non-hydrogen) atoms. The lowest BCUT2D eigenvalue weighted by atomic mass is 10.1. The summed E-state index contributed by atoms with van der Waals surface area (Å²) in [6.07, 6.45) is 2.31. The minimum absolute atomic E-state index is 0.190. The number of aliphatic hydroxyl groups excluding tert-OH is 1. The van der Waals surface area contributed by atoms with Crippen molar-refractivity contribution in [3.63, 3.8) is 0 Å². The predicted octanol–water partition coefficient (Wildman–Crippen LogP) is 1.70. The number of benzene rings is 1. The van der Waals surface area contributed by atoms with Crippen LogP contribution in [0.25, 0.3) is 0 Å². The number of methoxy groups -OCH3 is 1. The van der Waals surface area contributed by atoms with E-state index in [1.165, 1.54) is 11.1 Å². The Bertz CT molecular complexity index is 344. The van der Waals surface area contributed by atoms with Crippen molar-refractivity contribution in [1.29, 1.82) is 0 Å². The van der Waals surface area contributed by atoms with Gasteiger partial charge < -0.3 is 15.2 Å². The molecule has 1 aliphatic carbocycles. The molecular formula is C14H21NO2. The third-order valence-electron chi connectivity index (χ3n) is 3.46. The van der Waals surface area contributed by atoms with E-state index in [-0.39, 0.29) is 5.41 Å². The van der Waals surface area contributed by atoms with Gasteiger partial charge in [0.15, 0.2) is 0 Å². The van der Waals surface area contributed by atoms with Crippen molar-refractivity contribution >= 4 is 0 Å². The van der Waals surface area contributed by atoms with Crippen molar-refractivity contribution in [2.45, 2.75) is 26.0 Å². The molecule has 0 aliphatic heterocycles. The summed E-state index contributed by atoms with van der Waals surface area (Å²) in [4.78, 5) is 0. The molecule has 2 N–H and O–H groups in total. The van der Waals surface area contributed by atoms with Crippen LogP contribution in [-0.2, 0) is 17.9 Å². The minimum Gasteiger partial charge on any atom is -0.396 e. The summed E-state index contributed by atoms with van der Waals surface area (Å²) in [5, 5.41) is 12.6. The summed E-state index contributed by atoms with van der Waals surface area (Å²) in [6.45, 7) is 2.77. The van der Waals surface area contributed by atoms with Crippen LogP contribution in [-0.4, -0.2) is 25.4 Å². The number of rotatable bonds is 7. The molecule has 3 nitrogen and oxygen atoms in total. The molecule has 0 heterocycles. The maximum atomic E-state index is 9.20. The van der Waals surface area contributed by atoms with Crippen LogP contribution in [0.2, 0.25) is 0 Å². The largest absolute Gasteiger partial charge is 0.396 e. The quantitative estimate of drug-likeness (QED) is 0.756. The Morgan fingerprint density at radius 1 is 1.24 bits per heavy atom.